The first-order valence-electron chi connectivity index (χ1n) is 9.35. The Hall–Kier alpha value is -2.61. The van der Waals surface area contributed by atoms with Crippen LogP contribution in [0.2, 0.25) is 0 Å². The van der Waals surface area contributed by atoms with Crippen molar-refractivity contribution in [3.05, 3.63) is 56.6 Å². The van der Waals surface area contributed by atoms with Gasteiger partial charge in [0, 0.05) is 22.0 Å². The number of amides is 1. The summed E-state index contributed by atoms with van der Waals surface area (Å²) in [5.41, 5.74) is 5.86. The Morgan fingerprint density at radius 1 is 1.31 bits per heavy atom. The molecule has 1 unspecified atom stereocenters. The van der Waals surface area contributed by atoms with Crippen molar-refractivity contribution in [3.8, 4) is 0 Å². The zero-order valence-electron chi connectivity index (χ0n) is 16.3. The van der Waals surface area contributed by atoms with Crippen molar-refractivity contribution in [2.45, 2.75) is 39.2 Å². The molecule has 0 fully saturated rings. The maximum absolute atomic E-state index is 13.0. The largest absolute Gasteiger partial charge is 0.462 e. The third-order valence-electron chi connectivity index (χ3n) is 5.52. The maximum atomic E-state index is 13.0. The molecule has 4 rings (SSSR count). The van der Waals surface area contributed by atoms with E-state index < -0.39 is 11.5 Å². The minimum absolute atomic E-state index is 0.00183. The topological polar surface area (TPSA) is 108 Å². The SMILES string of the molecule is CCOC(=O)C1=C(N)OC2=C(CC(C)(C)CC2=O)C12NC(=O)c1cc(Br)ccc12. The van der Waals surface area contributed by atoms with E-state index in [-0.39, 0.29) is 47.3 Å². The van der Waals surface area contributed by atoms with Crippen LogP contribution in [-0.2, 0) is 24.6 Å². The minimum Gasteiger partial charge on any atom is -0.462 e. The fourth-order valence-electron chi connectivity index (χ4n) is 4.45. The van der Waals surface area contributed by atoms with Gasteiger partial charge in [0.2, 0.25) is 5.88 Å². The van der Waals surface area contributed by atoms with E-state index in [4.69, 9.17) is 15.2 Å². The van der Waals surface area contributed by atoms with Gasteiger partial charge in [0.1, 0.15) is 11.1 Å². The number of benzene rings is 1. The van der Waals surface area contributed by atoms with Gasteiger partial charge in [0.25, 0.3) is 5.91 Å². The number of ether oxygens (including phenoxy) is 2. The lowest BCUT2D eigenvalue weighted by Crippen LogP contribution is -2.52. The molecule has 2 aliphatic heterocycles. The molecule has 0 radical (unpaired) electrons. The highest BCUT2D eigenvalue weighted by Gasteiger charge is 2.58. The van der Waals surface area contributed by atoms with Crippen LogP contribution in [0.3, 0.4) is 0 Å². The average molecular weight is 461 g/mol. The number of hydrogen-bond acceptors (Lipinski definition) is 6. The molecule has 2 heterocycles. The van der Waals surface area contributed by atoms with Crippen LogP contribution in [0.15, 0.2) is 45.5 Å². The molecule has 0 saturated heterocycles. The second-order valence-electron chi connectivity index (χ2n) is 8.20. The molecule has 0 bridgehead atoms. The number of fused-ring (bicyclic) bond motifs is 3. The lowest BCUT2D eigenvalue weighted by atomic mass is 9.65. The summed E-state index contributed by atoms with van der Waals surface area (Å²) in [6.07, 6.45) is 0.727. The van der Waals surface area contributed by atoms with Crippen LogP contribution in [0, 0.1) is 5.41 Å². The van der Waals surface area contributed by atoms with Crippen LogP contribution in [0.5, 0.6) is 0 Å². The van der Waals surface area contributed by atoms with E-state index in [9.17, 15) is 14.4 Å². The van der Waals surface area contributed by atoms with E-state index >= 15 is 0 Å². The van der Waals surface area contributed by atoms with Gasteiger partial charge in [0.15, 0.2) is 11.5 Å². The number of hydrogen-bond donors (Lipinski definition) is 2. The highest BCUT2D eigenvalue weighted by atomic mass is 79.9. The first kappa shape index (κ1) is 19.7. The lowest BCUT2D eigenvalue weighted by molar-refractivity contribution is -0.140. The van der Waals surface area contributed by atoms with E-state index in [1.807, 2.05) is 13.8 Å². The zero-order valence-corrected chi connectivity index (χ0v) is 17.9. The highest BCUT2D eigenvalue weighted by Crippen LogP contribution is 2.54. The number of carbonyl (C=O) groups excluding carboxylic acids is 3. The summed E-state index contributed by atoms with van der Waals surface area (Å²) in [5.74, 6) is -1.39. The molecule has 152 valence electrons. The Kier molecular flexibility index (Phi) is 4.38. The molecule has 1 spiro atoms. The smallest absolute Gasteiger partial charge is 0.342 e. The van der Waals surface area contributed by atoms with Crippen molar-refractivity contribution < 1.29 is 23.9 Å². The summed E-state index contributed by atoms with van der Waals surface area (Å²) < 4.78 is 11.6. The van der Waals surface area contributed by atoms with E-state index in [1.165, 1.54) is 0 Å². The maximum Gasteiger partial charge on any atom is 0.342 e. The van der Waals surface area contributed by atoms with Gasteiger partial charge in [-0.3, -0.25) is 9.59 Å². The Morgan fingerprint density at radius 2 is 2.03 bits per heavy atom. The van der Waals surface area contributed by atoms with Gasteiger partial charge in [-0.25, -0.2) is 4.79 Å². The van der Waals surface area contributed by atoms with Gasteiger partial charge >= 0.3 is 5.97 Å². The van der Waals surface area contributed by atoms with E-state index in [2.05, 4.69) is 21.2 Å². The van der Waals surface area contributed by atoms with Crippen molar-refractivity contribution in [2.75, 3.05) is 6.61 Å². The second kappa shape index (κ2) is 6.45. The van der Waals surface area contributed by atoms with Gasteiger partial charge in [-0.1, -0.05) is 35.8 Å². The molecule has 0 aromatic heterocycles. The van der Waals surface area contributed by atoms with Gasteiger partial charge in [-0.05, 0) is 36.5 Å². The van der Waals surface area contributed by atoms with Crippen LogP contribution in [0.25, 0.3) is 0 Å². The summed E-state index contributed by atoms with van der Waals surface area (Å²) in [6.45, 7) is 5.74. The highest BCUT2D eigenvalue weighted by molar-refractivity contribution is 9.10. The molecule has 1 aliphatic carbocycles. The van der Waals surface area contributed by atoms with Crippen LogP contribution in [-0.4, -0.2) is 24.3 Å². The number of rotatable bonds is 2. The van der Waals surface area contributed by atoms with E-state index in [1.54, 1.807) is 25.1 Å². The Balaban J connectivity index is 2.05. The molecule has 3 aliphatic rings. The van der Waals surface area contributed by atoms with Crippen molar-refractivity contribution in [1.82, 2.24) is 5.32 Å². The number of allylic oxidation sites excluding steroid dienone is 1. The molecule has 8 heteroatoms. The van der Waals surface area contributed by atoms with Crippen LogP contribution >= 0.6 is 15.9 Å². The Labute approximate surface area is 176 Å². The third-order valence-corrected chi connectivity index (χ3v) is 6.01. The predicted molar refractivity (Wildman–Crippen MR) is 107 cm³/mol. The number of nitrogens with one attached hydrogen (secondary N) is 1. The summed E-state index contributed by atoms with van der Waals surface area (Å²) in [5, 5.41) is 2.95. The molecule has 1 aromatic carbocycles. The normalized spacial score (nSPS) is 24.8. The number of nitrogens with two attached hydrogens (primary N) is 1. The molecule has 1 aromatic rings. The summed E-state index contributed by atoms with van der Waals surface area (Å²) in [7, 11) is 0. The van der Waals surface area contributed by atoms with Crippen molar-refractivity contribution in [2.24, 2.45) is 11.1 Å². The number of ketones is 1. The monoisotopic (exact) mass is 460 g/mol. The fraction of sp³-hybridized carbons (Fsp3) is 0.381. The molecular formula is C21H21BrN2O5. The van der Waals surface area contributed by atoms with Gasteiger partial charge in [-0.15, -0.1) is 0 Å². The number of carbonyl (C=O) groups is 3. The second-order valence-corrected chi connectivity index (χ2v) is 9.12. The van der Waals surface area contributed by atoms with Crippen molar-refractivity contribution in [3.63, 3.8) is 0 Å². The molecule has 1 atom stereocenters. The summed E-state index contributed by atoms with van der Waals surface area (Å²) in [4.78, 5) is 38.8. The van der Waals surface area contributed by atoms with E-state index in [0.717, 1.165) is 4.47 Å². The summed E-state index contributed by atoms with van der Waals surface area (Å²) >= 11 is 3.38. The lowest BCUT2D eigenvalue weighted by Gasteiger charge is -2.44. The fourth-order valence-corrected chi connectivity index (χ4v) is 4.81. The van der Waals surface area contributed by atoms with Crippen molar-refractivity contribution in [1.29, 1.82) is 0 Å². The Morgan fingerprint density at radius 3 is 2.72 bits per heavy atom. The number of halogens is 1. The van der Waals surface area contributed by atoms with Gasteiger partial charge < -0.3 is 20.5 Å². The molecule has 29 heavy (non-hydrogen) atoms. The first-order chi connectivity index (χ1) is 13.6. The summed E-state index contributed by atoms with van der Waals surface area (Å²) in [6, 6.07) is 5.22. The number of Topliss-reactive ketones (excluding diaryl/α,β-unsaturated/α-hetero) is 1. The Bertz CT molecular complexity index is 1040. The van der Waals surface area contributed by atoms with Crippen molar-refractivity contribution >= 4 is 33.6 Å². The zero-order chi connectivity index (χ0) is 21.1. The third kappa shape index (κ3) is 2.80. The molecule has 7 nitrogen and oxygen atoms in total. The standard InChI is InChI=1S/C21H21BrN2O5/c1-4-28-19(27)15-17(23)29-16-13(8-20(2,3)9-14(16)25)21(15)12-6-5-10(22)7-11(12)18(26)24-21/h5-7H,4,8-9,23H2,1-3H3,(H,24,26). The van der Waals surface area contributed by atoms with Crippen LogP contribution in [0.4, 0.5) is 0 Å². The molecule has 0 saturated carbocycles. The van der Waals surface area contributed by atoms with Gasteiger partial charge in [0.05, 0.1) is 6.61 Å². The van der Waals surface area contributed by atoms with Crippen LogP contribution in [0.1, 0.15) is 49.5 Å². The van der Waals surface area contributed by atoms with Crippen LogP contribution < -0.4 is 11.1 Å². The molecule has 1 amide bonds. The quantitative estimate of drug-likeness (QED) is 0.656. The molecule has 3 N–H and O–H groups in total. The average Bonchev–Trinajstić information content (AvgIpc) is 2.89. The predicted octanol–water partition coefficient (Wildman–Crippen LogP) is 2.79. The van der Waals surface area contributed by atoms with Gasteiger partial charge in [-0.2, -0.15) is 0 Å². The first-order valence-corrected chi connectivity index (χ1v) is 10.1. The minimum atomic E-state index is -1.40. The molecular weight excluding hydrogens is 440 g/mol. The number of esters is 1. The van der Waals surface area contributed by atoms with E-state index in [0.29, 0.717) is 23.1 Å².